The van der Waals surface area contributed by atoms with Crippen LogP contribution in [-0.4, -0.2) is 21.5 Å². The normalized spacial score (nSPS) is 16.6. The first-order valence-corrected chi connectivity index (χ1v) is 7.50. The molecule has 1 saturated heterocycles. The Balaban J connectivity index is 1.87. The molecule has 1 fully saturated rings. The third-order valence-electron chi connectivity index (χ3n) is 3.25. The van der Waals surface area contributed by atoms with Crippen molar-refractivity contribution >= 4 is 40.6 Å². The van der Waals surface area contributed by atoms with Crippen LogP contribution in [0.2, 0.25) is 0 Å². The molecule has 0 aliphatic carbocycles. The highest BCUT2D eigenvalue weighted by Gasteiger charge is 2.25. The lowest BCUT2D eigenvalue weighted by Crippen LogP contribution is -2.29. The molecule has 0 spiro atoms. The number of thiocarbonyl (C=S) groups is 2. The first-order valence-electron chi connectivity index (χ1n) is 6.69. The van der Waals surface area contributed by atoms with Gasteiger partial charge in [-0.2, -0.15) is 0 Å². The Morgan fingerprint density at radius 2 is 1.90 bits per heavy atom. The maximum Gasteiger partial charge on any atom is 0.178 e. The van der Waals surface area contributed by atoms with Crippen LogP contribution in [0.5, 0.6) is 0 Å². The van der Waals surface area contributed by atoms with Crippen molar-refractivity contribution < 1.29 is 4.42 Å². The molecule has 5 heteroatoms. The predicted molar refractivity (Wildman–Crippen MR) is 92.8 cm³/mol. The van der Waals surface area contributed by atoms with Crippen LogP contribution in [0, 0.1) is 0 Å². The van der Waals surface area contributed by atoms with Gasteiger partial charge in [-0.25, -0.2) is 0 Å². The van der Waals surface area contributed by atoms with Crippen molar-refractivity contribution in [1.82, 2.24) is 10.2 Å². The highest BCUT2D eigenvalue weighted by molar-refractivity contribution is 7.82. The van der Waals surface area contributed by atoms with E-state index >= 15 is 0 Å². The molecular formula is C16H14N2OS2. The van der Waals surface area contributed by atoms with Crippen LogP contribution in [0.1, 0.15) is 12.7 Å². The van der Waals surface area contributed by atoms with Crippen molar-refractivity contribution in [2.45, 2.75) is 6.92 Å². The molecule has 3 rings (SSSR count). The average molecular weight is 314 g/mol. The van der Waals surface area contributed by atoms with Crippen LogP contribution in [0.3, 0.4) is 0 Å². The van der Waals surface area contributed by atoms with Gasteiger partial charge in [-0.1, -0.05) is 42.5 Å². The van der Waals surface area contributed by atoms with Crippen LogP contribution < -0.4 is 5.32 Å². The monoisotopic (exact) mass is 314 g/mol. The molecule has 0 saturated carbocycles. The van der Waals surface area contributed by atoms with Gasteiger partial charge in [0.05, 0.1) is 5.70 Å². The molecule has 0 amide bonds. The number of hydrogen-bond donors (Lipinski definition) is 1. The number of hydrogen-bond acceptors (Lipinski definition) is 3. The SMILES string of the molecule is CCN1C(=S)N/C(=C/c2ccc(-c3ccccc3)o2)C1=S. The molecular weight excluding hydrogens is 300 g/mol. The van der Waals surface area contributed by atoms with Crippen molar-refractivity contribution in [2.24, 2.45) is 0 Å². The number of benzene rings is 1. The fraction of sp³-hybridized carbons (Fsp3) is 0.125. The summed E-state index contributed by atoms with van der Waals surface area (Å²) in [6, 6.07) is 13.9. The van der Waals surface area contributed by atoms with E-state index in [2.05, 4.69) is 5.32 Å². The molecule has 2 aromatic rings. The van der Waals surface area contributed by atoms with E-state index in [4.69, 9.17) is 28.9 Å². The number of rotatable bonds is 3. The minimum Gasteiger partial charge on any atom is -0.457 e. The quantitative estimate of drug-likeness (QED) is 0.687. The summed E-state index contributed by atoms with van der Waals surface area (Å²) >= 11 is 10.7. The molecule has 1 aromatic heterocycles. The van der Waals surface area contributed by atoms with E-state index in [0.717, 1.165) is 29.3 Å². The van der Waals surface area contributed by atoms with Gasteiger partial charge in [0.2, 0.25) is 0 Å². The molecule has 1 aliphatic rings. The van der Waals surface area contributed by atoms with Crippen molar-refractivity contribution in [1.29, 1.82) is 0 Å². The second-order valence-electron chi connectivity index (χ2n) is 4.61. The predicted octanol–water partition coefficient (Wildman–Crippen LogP) is 3.82. The Labute approximate surface area is 134 Å². The first-order chi connectivity index (χ1) is 10.2. The van der Waals surface area contributed by atoms with Gasteiger partial charge < -0.3 is 14.6 Å². The highest BCUT2D eigenvalue weighted by Crippen LogP contribution is 2.24. The summed E-state index contributed by atoms with van der Waals surface area (Å²) in [5, 5.41) is 3.76. The van der Waals surface area contributed by atoms with Crippen molar-refractivity contribution in [3.63, 3.8) is 0 Å². The Morgan fingerprint density at radius 1 is 1.14 bits per heavy atom. The Hall–Kier alpha value is -1.98. The molecule has 1 aromatic carbocycles. The average Bonchev–Trinajstić information content (AvgIpc) is 3.06. The van der Waals surface area contributed by atoms with Crippen molar-refractivity contribution in [3.8, 4) is 11.3 Å². The Kier molecular flexibility index (Phi) is 3.86. The van der Waals surface area contributed by atoms with Gasteiger partial charge in [0.15, 0.2) is 5.11 Å². The number of furan rings is 1. The zero-order chi connectivity index (χ0) is 14.8. The van der Waals surface area contributed by atoms with Crippen LogP contribution in [0.4, 0.5) is 0 Å². The third kappa shape index (κ3) is 2.75. The van der Waals surface area contributed by atoms with Crippen molar-refractivity contribution in [2.75, 3.05) is 6.54 Å². The maximum absolute atomic E-state index is 5.85. The standard InChI is InChI=1S/C16H14N2OS2/c1-2-18-15(20)13(17-16(18)21)10-12-8-9-14(19-12)11-6-4-3-5-7-11/h3-10H,2H2,1H3,(H,17,21)/b13-10+. The smallest absolute Gasteiger partial charge is 0.178 e. The third-order valence-corrected chi connectivity index (χ3v) is 4.01. The minimum atomic E-state index is 0.642. The molecule has 2 heterocycles. The lowest BCUT2D eigenvalue weighted by atomic mass is 10.2. The molecule has 3 nitrogen and oxygen atoms in total. The van der Waals surface area contributed by atoms with Gasteiger partial charge in [0.1, 0.15) is 16.5 Å². The van der Waals surface area contributed by atoms with E-state index < -0.39 is 0 Å². The summed E-state index contributed by atoms with van der Waals surface area (Å²) in [4.78, 5) is 2.59. The van der Waals surface area contributed by atoms with Gasteiger partial charge in [-0.15, -0.1) is 0 Å². The highest BCUT2D eigenvalue weighted by atomic mass is 32.1. The number of nitrogens with one attached hydrogen (secondary N) is 1. The topological polar surface area (TPSA) is 28.4 Å². The summed E-state index contributed by atoms with van der Waals surface area (Å²) in [5.74, 6) is 1.58. The zero-order valence-electron chi connectivity index (χ0n) is 11.5. The van der Waals surface area contributed by atoms with Crippen LogP contribution in [-0.2, 0) is 0 Å². The number of likely N-dealkylation sites (N-methyl/N-ethyl adjacent to an activating group) is 1. The van der Waals surface area contributed by atoms with Gasteiger partial charge >= 0.3 is 0 Å². The Morgan fingerprint density at radius 3 is 2.57 bits per heavy atom. The number of nitrogens with zero attached hydrogens (tertiary/aromatic N) is 1. The maximum atomic E-state index is 5.85. The van der Waals surface area contributed by atoms with E-state index in [1.807, 2.05) is 60.4 Å². The molecule has 1 aliphatic heterocycles. The second kappa shape index (κ2) is 5.79. The summed E-state index contributed by atoms with van der Waals surface area (Å²) in [6.45, 7) is 2.78. The minimum absolute atomic E-state index is 0.642. The van der Waals surface area contributed by atoms with Crippen molar-refractivity contribution in [3.05, 3.63) is 53.9 Å². The fourth-order valence-corrected chi connectivity index (χ4v) is 2.91. The zero-order valence-corrected chi connectivity index (χ0v) is 13.1. The first kappa shape index (κ1) is 14.0. The molecule has 0 unspecified atom stereocenters. The molecule has 21 heavy (non-hydrogen) atoms. The lowest BCUT2D eigenvalue weighted by Gasteiger charge is -2.11. The molecule has 106 valence electrons. The summed E-state index contributed by atoms with van der Waals surface area (Å²) < 4.78 is 5.85. The Bertz CT molecular complexity index is 719. The van der Waals surface area contributed by atoms with Gasteiger partial charge in [0, 0.05) is 18.2 Å². The molecule has 1 N–H and O–H groups in total. The van der Waals surface area contributed by atoms with Gasteiger partial charge in [-0.3, -0.25) is 0 Å². The van der Waals surface area contributed by atoms with Crippen LogP contribution in [0.25, 0.3) is 17.4 Å². The summed E-state index contributed by atoms with van der Waals surface area (Å²) in [6.07, 6.45) is 1.89. The van der Waals surface area contributed by atoms with E-state index in [1.165, 1.54) is 0 Å². The largest absolute Gasteiger partial charge is 0.457 e. The molecule has 0 radical (unpaired) electrons. The second-order valence-corrected chi connectivity index (χ2v) is 5.38. The van der Waals surface area contributed by atoms with E-state index in [-0.39, 0.29) is 0 Å². The fourth-order valence-electron chi connectivity index (χ4n) is 2.19. The van der Waals surface area contributed by atoms with Crippen LogP contribution >= 0.6 is 24.4 Å². The van der Waals surface area contributed by atoms with Crippen LogP contribution in [0.15, 0.2) is 52.6 Å². The van der Waals surface area contributed by atoms with E-state index in [1.54, 1.807) is 0 Å². The molecule has 0 bridgehead atoms. The van der Waals surface area contributed by atoms with E-state index in [0.29, 0.717) is 10.1 Å². The molecule has 0 atom stereocenters. The van der Waals surface area contributed by atoms with Gasteiger partial charge in [-0.05, 0) is 31.3 Å². The van der Waals surface area contributed by atoms with E-state index in [9.17, 15) is 0 Å². The summed E-state index contributed by atoms with van der Waals surface area (Å²) in [5.41, 5.74) is 1.86. The van der Waals surface area contributed by atoms with Gasteiger partial charge in [0.25, 0.3) is 0 Å². The summed E-state index contributed by atoms with van der Waals surface area (Å²) in [7, 11) is 0. The lowest BCUT2D eigenvalue weighted by molar-refractivity contribution is 0.571.